The molecule has 1 amide bonds. The second-order valence-electron chi connectivity index (χ2n) is 9.12. The number of carboxylic acid groups (broad SMARTS) is 1. The summed E-state index contributed by atoms with van der Waals surface area (Å²) in [5.74, 6) is 2.20. The van der Waals surface area contributed by atoms with Crippen molar-refractivity contribution in [2.24, 2.45) is 0 Å². The first-order valence-corrected chi connectivity index (χ1v) is 12.7. The molecule has 3 heterocycles. The van der Waals surface area contributed by atoms with Gasteiger partial charge in [-0.15, -0.1) is 11.8 Å². The summed E-state index contributed by atoms with van der Waals surface area (Å²) in [4.78, 5) is 22.4. The van der Waals surface area contributed by atoms with Crippen LogP contribution in [0, 0.1) is 0 Å². The minimum Gasteiger partial charge on any atom is -0.465 e. The van der Waals surface area contributed by atoms with Gasteiger partial charge in [0, 0.05) is 17.6 Å². The van der Waals surface area contributed by atoms with Crippen molar-refractivity contribution in [1.29, 1.82) is 0 Å². The Hall–Kier alpha value is -2.72. The highest BCUT2D eigenvalue weighted by atomic mass is 32.2. The monoisotopic (exact) mass is 487 g/mol. The van der Waals surface area contributed by atoms with Crippen molar-refractivity contribution in [3.8, 4) is 0 Å². The third-order valence-electron chi connectivity index (χ3n) is 5.58. The molecular weight excluding hydrogens is 458 g/mol. The molecule has 1 aliphatic rings. The molecule has 3 aromatic rings. The highest BCUT2D eigenvalue weighted by Crippen LogP contribution is 2.37. The van der Waals surface area contributed by atoms with Gasteiger partial charge in [-0.3, -0.25) is 4.90 Å². The minimum atomic E-state index is -0.917. The van der Waals surface area contributed by atoms with Crippen molar-refractivity contribution >= 4 is 40.0 Å². The van der Waals surface area contributed by atoms with E-state index in [9.17, 15) is 9.90 Å². The zero-order valence-electron chi connectivity index (χ0n) is 18.9. The van der Waals surface area contributed by atoms with Crippen molar-refractivity contribution in [2.75, 3.05) is 17.6 Å². The van der Waals surface area contributed by atoms with Crippen LogP contribution in [0.15, 0.2) is 45.3 Å². The van der Waals surface area contributed by atoms with Gasteiger partial charge in [-0.1, -0.05) is 44.2 Å². The summed E-state index contributed by atoms with van der Waals surface area (Å²) < 4.78 is 6.91. The Labute approximate surface area is 201 Å². The van der Waals surface area contributed by atoms with E-state index in [0.29, 0.717) is 23.9 Å². The summed E-state index contributed by atoms with van der Waals surface area (Å²) >= 11 is 3.18. The van der Waals surface area contributed by atoms with Crippen LogP contribution in [0.3, 0.4) is 0 Å². The number of benzene rings is 1. The predicted octanol–water partition coefficient (Wildman–Crippen LogP) is 5.60. The van der Waals surface area contributed by atoms with Gasteiger partial charge in [0.2, 0.25) is 5.89 Å². The van der Waals surface area contributed by atoms with Crippen LogP contribution in [-0.2, 0) is 11.2 Å². The number of oxazole rings is 1. The number of nitrogen functional groups attached to an aromatic ring is 1. The predicted molar refractivity (Wildman–Crippen MR) is 132 cm³/mol. The van der Waals surface area contributed by atoms with Crippen LogP contribution in [-0.4, -0.2) is 38.7 Å². The number of thioether (sulfide) groups is 1. The first-order chi connectivity index (χ1) is 15.7. The Bertz CT molecular complexity index is 1090. The number of nitrogens with one attached hydrogen (secondary N) is 1. The first kappa shape index (κ1) is 23.4. The maximum absolute atomic E-state index is 11.9. The molecule has 0 bridgehead atoms. The fourth-order valence-electron chi connectivity index (χ4n) is 3.87. The Morgan fingerprint density at radius 1 is 1.30 bits per heavy atom. The topological polar surface area (TPSA) is 118 Å². The van der Waals surface area contributed by atoms with Crippen LogP contribution >= 0.6 is 23.1 Å². The molecule has 8 nitrogen and oxygen atoms in total. The number of piperidine rings is 1. The van der Waals surface area contributed by atoms with E-state index < -0.39 is 6.09 Å². The molecular formula is C23H29N5O3S2. The van der Waals surface area contributed by atoms with Crippen molar-refractivity contribution in [1.82, 2.24) is 14.9 Å². The Kier molecular flexibility index (Phi) is 6.85. The highest BCUT2D eigenvalue weighted by molar-refractivity contribution is 8.00. The van der Waals surface area contributed by atoms with E-state index in [0.717, 1.165) is 33.5 Å². The van der Waals surface area contributed by atoms with Crippen molar-refractivity contribution < 1.29 is 14.3 Å². The third kappa shape index (κ3) is 5.62. The maximum atomic E-state index is 11.9. The summed E-state index contributed by atoms with van der Waals surface area (Å²) in [5, 5.41) is 14.1. The van der Waals surface area contributed by atoms with E-state index in [1.54, 1.807) is 29.3 Å². The smallest absolute Gasteiger partial charge is 0.407 e. The number of hydrogen-bond acceptors (Lipinski definition) is 8. The van der Waals surface area contributed by atoms with Crippen LogP contribution in [0.1, 0.15) is 56.9 Å². The van der Waals surface area contributed by atoms with E-state index in [4.69, 9.17) is 10.2 Å². The van der Waals surface area contributed by atoms with E-state index in [1.807, 2.05) is 30.5 Å². The Morgan fingerprint density at radius 3 is 2.73 bits per heavy atom. The second kappa shape index (κ2) is 9.64. The molecule has 0 saturated carbocycles. The summed E-state index contributed by atoms with van der Waals surface area (Å²) in [6, 6.07) is 7.05. The second-order valence-corrected chi connectivity index (χ2v) is 11.4. The molecule has 2 atom stereocenters. The van der Waals surface area contributed by atoms with Gasteiger partial charge in [0.1, 0.15) is 5.76 Å². The lowest BCUT2D eigenvalue weighted by Gasteiger charge is -2.40. The number of rotatable bonds is 6. The van der Waals surface area contributed by atoms with Gasteiger partial charge in [-0.05, 0) is 30.5 Å². The van der Waals surface area contributed by atoms with Gasteiger partial charge >= 0.3 is 6.09 Å². The maximum Gasteiger partial charge on any atom is 0.407 e. The number of thiazole rings is 1. The lowest BCUT2D eigenvalue weighted by molar-refractivity contribution is 0.101. The zero-order valence-corrected chi connectivity index (χ0v) is 20.6. The molecule has 10 heteroatoms. The van der Waals surface area contributed by atoms with Crippen molar-refractivity contribution in [3.63, 3.8) is 0 Å². The molecule has 1 aliphatic heterocycles. The number of hydrogen-bond donors (Lipinski definition) is 3. The molecule has 176 valence electrons. The van der Waals surface area contributed by atoms with Crippen molar-refractivity contribution in [2.45, 2.75) is 61.1 Å². The molecule has 1 aromatic carbocycles. The largest absolute Gasteiger partial charge is 0.465 e. The van der Waals surface area contributed by atoms with Crippen LogP contribution in [0.5, 0.6) is 0 Å². The summed E-state index contributed by atoms with van der Waals surface area (Å²) in [5.41, 5.74) is 7.35. The van der Waals surface area contributed by atoms with E-state index in [-0.39, 0.29) is 17.5 Å². The fourth-order valence-corrected chi connectivity index (χ4v) is 5.66. The molecule has 2 aromatic heterocycles. The average molecular weight is 488 g/mol. The number of nitrogens with zero attached hydrogens (tertiary/aromatic N) is 3. The highest BCUT2D eigenvalue weighted by Gasteiger charge is 2.36. The molecule has 0 radical (unpaired) electrons. The molecule has 0 spiro atoms. The zero-order chi connectivity index (χ0) is 23.6. The van der Waals surface area contributed by atoms with Crippen LogP contribution in [0.4, 0.5) is 15.6 Å². The lowest BCUT2D eigenvalue weighted by atomic mass is 9.90. The van der Waals surface area contributed by atoms with Gasteiger partial charge in [-0.2, -0.15) is 0 Å². The normalized spacial score (nSPS) is 18.9. The first-order valence-electron chi connectivity index (χ1n) is 10.9. The fraction of sp³-hybridized carbons (Fsp3) is 0.435. The molecule has 1 saturated heterocycles. The van der Waals surface area contributed by atoms with E-state index in [2.05, 4.69) is 36.1 Å². The molecule has 2 unspecified atom stereocenters. The number of nitrogens with two attached hydrogens (primary N) is 1. The summed E-state index contributed by atoms with van der Waals surface area (Å²) in [7, 11) is 0. The van der Waals surface area contributed by atoms with E-state index >= 15 is 0 Å². The number of anilines is 2. The van der Waals surface area contributed by atoms with Gasteiger partial charge in [0.25, 0.3) is 0 Å². The average Bonchev–Trinajstić information content (AvgIpc) is 3.42. The molecule has 33 heavy (non-hydrogen) atoms. The van der Waals surface area contributed by atoms with Gasteiger partial charge in [0.15, 0.2) is 5.13 Å². The SMILES string of the molecule is CC(C)(C)c1cnc(CSc2cnc(NC3CCCN(C(=O)O)C3c3ccc(N)cc3)s2)o1. The van der Waals surface area contributed by atoms with Crippen LogP contribution in [0.25, 0.3) is 0 Å². The quantitative estimate of drug-likeness (QED) is 0.304. The van der Waals surface area contributed by atoms with E-state index in [1.165, 1.54) is 4.90 Å². The summed E-state index contributed by atoms with van der Waals surface area (Å²) in [6.45, 7) is 6.80. The number of amides is 1. The molecule has 0 aliphatic carbocycles. The van der Waals surface area contributed by atoms with Crippen LogP contribution in [0.2, 0.25) is 0 Å². The van der Waals surface area contributed by atoms with Gasteiger partial charge in [0.05, 0.1) is 34.4 Å². The number of aromatic nitrogens is 2. The lowest BCUT2D eigenvalue weighted by Crippen LogP contribution is -2.47. The Balaban J connectivity index is 1.44. The molecule has 1 fully saturated rings. The molecule has 4 rings (SSSR count). The molecule has 4 N–H and O–H groups in total. The van der Waals surface area contributed by atoms with Gasteiger partial charge in [-0.25, -0.2) is 14.8 Å². The number of likely N-dealkylation sites (tertiary alicyclic amines) is 1. The van der Waals surface area contributed by atoms with Crippen molar-refractivity contribution in [3.05, 3.63) is 53.9 Å². The van der Waals surface area contributed by atoms with Gasteiger partial charge < -0.3 is 20.6 Å². The Morgan fingerprint density at radius 2 is 2.06 bits per heavy atom. The van der Waals surface area contributed by atoms with Crippen LogP contribution < -0.4 is 11.1 Å². The standard InChI is InChI=1S/C23H29N5O3S2/c1-23(2,3)17-11-25-18(31-17)13-32-19-12-26-21(33-19)27-16-5-4-10-28(22(29)30)20(16)14-6-8-15(24)9-7-14/h6-9,11-12,16,20H,4-5,10,13,24H2,1-3H3,(H,26,27)(H,29,30). The third-order valence-corrected chi connectivity index (χ3v) is 7.69. The summed E-state index contributed by atoms with van der Waals surface area (Å²) in [6.07, 6.45) is 4.36. The minimum absolute atomic E-state index is 0.0671. The number of carbonyl (C=O) groups is 1.